The number of quaternary nitrogens is 1. The summed E-state index contributed by atoms with van der Waals surface area (Å²) in [7, 11) is 0. The maximum atomic E-state index is 10.6. The Kier molecular flexibility index (Phi) is 13.1. The van der Waals surface area contributed by atoms with Crippen molar-refractivity contribution < 1.29 is 21.7 Å². The zero-order valence-corrected chi connectivity index (χ0v) is 13.4. The van der Waals surface area contributed by atoms with Crippen LogP contribution in [0.2, 0.25) is 0 Å². The van der Waals surface area contributed by atoms with Gasteiger partial charge in [-0.05, 0) is 40.5 Å². The van der Waals surface area contributed by atoms with Crippen molar-refractivity contribution >= 4 is 5.91 Å². The summed E-state index contributed by atoms with van der Waals surface area (Å²) < 4.78 is 1.28. The van der Waals surface area contributed by atoms with E-state index >= 15 is 0 Å². The summed E-state index contributed by atoms with van der Waals surface area (Å²) in [5.74, 6) is 0.225. The van der Waals surface area contributed by atoms with Crippen molar-refractivity contribution in [3.63, 3.8) is 0 Å². The predicted octanol–water partition coefficient (Wildman–Crippen LogP) is -0.437. The van der Waals surface area contributed by atoms with Gasteiger partial charge in [-0.3, -0.25) is 4.79 Å². The lowest BCUT2D eigenvalue weighted by Crippen LogP contribution is -3.00. The van der Waals surface area contributed by atoms with Crippen LogP contribution < -0.4 is 17.7 Å². The van der Waals surface area contributed by atoms with Gasteiger partial charge < -0.3 is 22.2 Å². The third-order valence-corrected chi connectivity index (χ3v) is 4.09. The van der Waals surface area contributed by atoms with E-state index in [2.05, 4.69) is 33.0 Å². The fraction of sp³-hybridized carbons (Fsp3) is 0.929. The number of nitrogens with zero attached hydrogens (tertiary/aromatic N) is 1. The molecule has 0 bridgehead atoms. The van der Waals surface area contributed by atoms with Crippen LogP contribution in [0.5, 0.6) is 0 Å². The highest BCUT2D eigenvalue weighted by molar-refractivity contribution is 5.75. The summed E-state index contributed by atoms with van der Waals surface area (Å²) in [6.07, 6.45) is 4.18. The minimum atomic E-state index is 0. The van der Waals surface area contributed by atoms with E-state index < -0.39 is 0 Å². The van der Waals surface area contributed by atoms with Crippen LogP contribution in [0.15, 0.2) is 0 Å². The first-order valence-electron chi connectivity index (χ1n) is 7.25. The smallest absolute Gasteiger partial charge is 0.219 e. The Balaban J connectivity index is 0. The average Bonchev–Trinajstić information content (AvgIpc) is 2.61. The minimum absolute atomic E-state index is 0. The Morgan fingerprint density at radius 2 is 1.44 bits per heavy atom. The van der Waals surface area contributed by atoms with Gasteiger partial charge in [-0.25, -0.2) is 0 Å². The van der Waals surface area contributed by atoms with Gasteiger partial charge in [-0.2, -0.15) is 0 Å². The highest BCUT2D eigenvalue weighted by Crippen LogP contribution is 2.03. The second-order valence-electron chi connectivity index (χ2n) is 4.77. The van der Waals surface area contributed by atoms with Gasteiger partial charge in [0.05, 0.1) is 26.2 Å². The minimum Gasteiger partial charge on any atom is -1.00 e. The Morgan fingerprint density at radius 3 is 1.83 bits per heavy atom. The standard InChI is InChI=1S/C8H20N.C6H11NO.ClH/c1-5-9(6-2,7-3)8-4;8-6-4-2-1-3-5-7-6;/h5-8H2,1-4H3;1-5H2,(H,7,8);1H/q+1;;/p-1. The van der Waals surface area contributed by atoms with Crippen LogP contribution in [0.4, 0.5) is 0 Å². The lowest BCUT2D eigenvalue weighted by molar-refractivity contribution is -0.921. The van der Waals surface area contributed by atoms with E-state index in [1.807, 2.05) is 0 Å². The predicted molar refractivity (Wildman–Crippen MR) is 73.9 cm³/mol. The monoisotopic (exact) mass is 278 g/mol. The van der Waals surface area contributed by atoms with Gasteiger partial charge in [0.1, 0.15) is 0 Å². The molecule has 0 spiro atoms. The second kappa shape index (κ2) is 11.8. The topological polar surface area (TPSA) is 29.1 Å². The highest BCUT2D eigenvalue weighted by atomic mass is 35.5. The van der Waals surface area contributed by atoms with E-state index in [-0.39, 0.29) is 18.3 Å². The van der Waals surface area contributed by atoms with Gasteiger partial charge in [-0.1, -0.05) is 6.42 Å². The first-order chi connectivity index (χ1) is 8.14. The summed E-state index contributed by atoms with van der Waals surface area (Å²) in [5, 5.41) is 2.81. The quantitative estimate of drug-likeness (QED) is 0.695. The highest BCUT2D eigenvalue weighted by Gasteiger charge is 2.16. The molecular formula is C14H31ClN2O. The largest absolute Gasteiger partial charge is 1.00 e. The van der Waals surface area contributed by atoms with Gasteiger partial charge in [0.25, 0.3) is 0 Å². The van der Waals surface area contributed by atoms with Crippen LogP contribution in [0, 0.1) is 0 Å². The third-order valence-electron chi connectivity index (χ3n) is 4.09. The molecular weight excluding hydrogens is 248 g/mol. The van der Waals surface area contributed by atoms with E-state index in [0.717, 1.165) is 25.8 Å². The summed E-state index contributed by atoms with van der Waals surface area (Å²) >= 11 is 0. The van der Waals surface area contributed by atoms with Crippen molar-refractivity contribution in [2.75, 3.05) is 32.7 Å². The van der Waals surface area contributed by atoms with Crippen LogP contribution in [0.3, 0.4) is 0 Å². The van der Waals surface area contributed by atoms with E-state index in [1.54, 1.807) is 0 Å². The van der Waals surface area contributed by atoms with Crippen molar-refractivity contribution in [1.29, 1.82) is 0 Å². The SMILES string of the molecule is CC[N+](CC)(CC)CC.O=C1CCCCCN1.[Cl-]. The third kappa shape index (κ3) is 7.93. The summed E-state index contributed by atoms with van der Waals surface area (Å²) in [4.78, 5) is 10.6. The lowest BCUT2D eigenvalue weighted by atomic mass is 10.2. The molecule has 1 aliphatic rings. The van der Waals surface area contributed by atoms with Crippen molar-refractivity contribution in [2.45, 2.75) is 53.4 Å². The normalized spacial score (nSPS) is 15.7. The fourth-order valence-electron chi connectivity index (χ4n) is 2.25. The number of nitrogens with one attached hydrogen (secondary N) is 1. The fourth-order valence-corrected chi connectivity index (χ4v) is 2.25. The first kappa shape index (κ1) is 20.0. The summed E-state index contributed by atoms with van der Waals surface area (Å²) in [5.41, 5.74) is 0. The molecule has 1 N–H and O–H groups in total. The maximum absolute atomic E-state index is 10.6. The van der Waals surface area contributed by atoms with Gasteiger partial charge >= 0.3 is 0 Å². The molecule has 1 fully saturated rings. The molecule has 1 aliphatic heterocycles. The number of carbonyl (C=O) groups is 1. The molecule has 0 aliphatic carbocycles. The molecule has 0 unspecified atom stereocenters. The second-order valence-corrected chi connectivity index (χ2v) is 4.77. The van der Waals surface area contributed by atoms with E-state index in [0.29, 0.717) is 0 Å². The van der Waals surface area contributed by atoms with Gasteiger partial charge in [0, 0.05) is 13.0 Å². The molecule has 0 saturated carbocycles. The molecule has 0 atom stereocenters. The molecule has 1 amide bonds. The molecule has 0 aromatic rings. The van der Waals surface area contributed by atoms with Crippen LogP contribution in [-0.4, -0.2) is 43.1 Å². The summed E-state index contributed by atoms with van der Waals surface area (Å²) in [6, 6.07) is 0. The van der Waals surface area contributed by atoms with E-state index in [9.17, 15) is 4.79 Å². The maximum Gasteiger partial charge on any atom is 0.219 e. The Bertz CT molecular complexity index is 178. The van der Waals surface area contributed by atoms with Gasteiger partial charge in [0.2, 0.25) is 5.91 Å². The first-order valence-corrected chi connectivity index (χ1v) is 7.25. The van der Waals surface area contributed by atoms with Crippen LogP contribution in [-0.2, 0) is 4.79 Å². The van der Waals surface area contributed by atoms with Crippen LogP contribution in [0.1, 0.15) is 53.4 Å². The molecule has 1 rings (SSSR count). The van der Waals surface area contributed by atoms with Crippen molar-refractivity contribution in [3.8, 4) is 0 Å². The Morgan fingerprint density at radius 1 is 0.944 bits per heavy atom. The van der Waals surface area contributed by atoms with Crippen LogP contribution >= 0.6 is 0 Å². The van der Waals surface area contributed by atoms with Crippen molar-refractivity contribution in [2.24, 2.45) is 0 Å². The molecule has 1 heterocycles. The zero-order chi connectivity index (χ0) is 13.1. The molecule has 3 nitrogen and oxygen atoms in total. The number of halogens is 1. The molecule has 0 radical (unpaired) electrons. The molecule has 18 heavy (non-hydrogen) atoms. The molecule has 4 heteroatoms. The number of hydrogen-bond acceptors (Lipinski definition) is 1. The number of hydrogen-bond donors (Lipinski definition) is 1. The molecule has 1 saturated heterocycles. The van der Waals surface area contributed by atoms with Crippen LogP contribution in [0.25, 0.3) is 0 Å². The summed E-state index contributed by atoms with van der Waals surface area (Å²) in [6.45, 7) is 15.1. The van der Waals surface area contributed by atoms with E-state index in [4.69, 9.17) is 0 Å². The zero-order valence-electron chi connectivity index (χ0n) is 12.6. The van der Waals surface area contributed by atoms with Gasteiger partial charge in [0.15, 0.2) is 0 Å². The molecule has 0 aromatic heterocycles. The van der Waals surface area contributed by atoms with Crippen molar-refractivity contribution in [1.82, 2.24) is 5.32 Å². The number of rotatable bonds is 4. The van der Waals surface area contributed by atoms with Crippen molar-refractivity contribution in [3.05, 3.63) is 0 Å². The lowest BCUT2D eigenvalue weighted by Gasteiger charge is -2.34. The molecule has 110 valence electrons. The number of amides is 1. The Hall–Kier alpha value is -0.280. The van der Waals surface area contributed by atoms with Gasteiger partial charge in [-0.15, -0.1) is 0 Å². The molecule has 0 aromatic carbocycles. The number of carbonyl (C=O) groups excluding carboxylic acids is 1. The average molecular weight is 279 g/mol. The van der Waals surface area contributed by atoms with E-state index in [1.165, 1.54) is 37.1 Å². The Labute approximate surface area is 119 Å².